The van der Waals surface area contributed by atoms with Crippen LogP contribution in [0.3, 0.4) is 0 Å². The van der Waals surface area contributed by atoms with Crippen molar-refractivity contribution in [3.05, 3.63) is 111 Å². The van der Waals surface area contributed by atoms with E-state index < -0.39 is 4.92 Å². The number of halogens is 2. The molecule has 0 N–H and O–H groups in total. The average Bonchev–Trinajstić information content (AvgIpc) is 2.67. The van der Waals surface area contributed by atoms with Crippen LogP contribution in [0.15, 0.2) is 72.8 Å². The molecule has 0 unspecified atom stereocenters. The lowest BCUT2D eigenvalue weighted by atomic mass is 10.0. The Balaban J connectivity index is 1.79. The van der Waals surface area contributed by atoms with Crippen molar-refractivity contribution in [3.63, 3.8) is 0 Å². The van der Waals surface area contributed by atoms with Gasteiger partial charge in [-0.3, -0.25) is 10.1 Å². The van der Waals surface area contributed by atoms with Gasteiger partial charge in [-0.1, -0.05) is 36.4 Å². The van der Waals surface area contributed by atoms with Crippen LogP contribution in [0.1, 0.15) is 22.2 Å². The van der Waals surface area contributed by atoms with Gasteiger partial charge in [-0.05, 0) is 41.5 Å². The molecule has 0 aliphatic heterocycles. The van der Waals surface area contributed by atoms with E-state index in [1.165, 1.54) is 30.3 Å². The molecule has 0 aromatic heterocycles. The molecular weight excluding hydrogens is 368 g/mol. The SMILES string of the molecule is O=[N+]([O-])c1ccccc1CO[Si]C(c1ccc(F)cc1)c1ccc(F)cc1. The fourth-order valence-corrected chi connectivity index (χ4v) is 3.72. The average molecular weight is 383 g/mol. The summed E-state index contributed by atoms with van der Waals surface area (Å²) in [5.74, 6) is -0.693. The van der Waals surface area contributed by atoms with Crippen LogP contribution in [-0.2, 0) is 11.0 Å². The molecule has 3 aromatic carbocycles. The van der Waals surface area contributed by atoms with E-state index in [-0.39, 0.29) is 39.2 Å². The van der Waals surface area contributed by atoms with Gasteiger partial charge in [-0.2, -0.15) is 0 Å². The summed E-state index contributed by atoms with van der Waals surface area (Å²) >= 11 is 0. The number of hydrogen-bond donors (Lipinski definition) is 0. The zero-order chi connectivity index (χ0) is 19.2. The number of hydrogen-bond acceptors (Lipinski definition) is 3. The van der Waals surface area contributed by atoms with Crippen LogP contribution >= 0.6 is 0 Å². The Hall–Kier alpha value is -2.90. The molecule has 27 heavy (non-hydrogen) atoms. The Bertz CT molecular complexity index is 872. The molecule has 0 aliphatic carbocycles. The quantitative estimate of drug-likeness (QED) is 0.335. The van der Waals surface area contributed by atoms with Crippen molar-refractivity contribution in [3.8, 4) is 0 Å². The van der Waals surface area contributed by atoms with Gasteiger partial charge >= 0.3 is 0 Å². The molecule has 0 atom stereocenters. The summed E-state index contributed by atoms with van der Waals surface area (Å²) in [5.41, 5.74) is 1.90. The molecule has 3 rings (SSSR count). The highest BCUT2D eigenvalue weighted by Gasteiger charge is 2.19. The Morgan fingerprint density at radius 1 is 0.889 bits per heavy atom. The molecule has 4 nitrogen and oxygen atoms in total. The van der Waals surface area contributed by atoms with Crippen molar-refractivity contribution in [2.24, 2.45) is 0 Å². The highest BCUT2D eigenvalue weighted by molar-refractivity contribution is 6.31. The first kappa shape index (κ1) is 18.9. The van der Waals surface area contributed by atoms with Gasteiger partial charge in [-0.25, -0.2) is 8.78 Å². The van der Waals surface area contributed by atoms with E-state index in [1.807, 2.05) is 0 Å². The van der Waals surface area contributed by atoms with Crippen molar-refractivity contribution in [2.75, 3.05) is 0 Å². The molecule has 2 radical (unpaired) electrons. The standard InChI is InChI=1S/C20H15F2NO3Si/c21-17-9-5-14(6-10-17)20(15-7-11-18(22)12-8-15)27-26-13-16-3-1-2-4-19(16)23(24)25/h1-12,20H,13H2. The Morgan fingerprint density at radius 2 is 1.41 bits per heavy atom. The molecule has 0 saturated carbocycles. The van der Waals surface area contributed by atoms with Gasteiger partial charge in [0.25, 0.3) is 5.69 Å². The highest BCUT2D eigenvalue weighted by atomic mass is 28.2. The van der Waals surface area contributed by atoms with E-state index in [1.54, 1.807) is 42.5 Å². The van der Waals surface area contributed by atoms with Crippen molar-refractivity contribution in [1.29, 1.82) is 0 Å². The normalized spacial score (nSPS) is 10.9. The van der Waals surface area contributed by atoms with Gasteiger partial charge in [-0.15, -0.1) is 0 Å². The maximum Gasteiger partial charge on any atom is 0.274 e. The number of benzene rings is 3. The Kier molecular flexibility index (Phi) is 6.05. The summed E-state index contributed by atoms with van der Waals surface area (Å²) in [7, 11) is -0.0802. The van der Waals surface area contributed by atoms with Gasteiger partial charge < -0.3 is 4.43 Å². The zero-order valence-corrected chi connectivity index (χ0v) is 15.1. The second-order valence-electron chi connectivity index (χ2n) is 5.83. The van der Waals surface area contributed by atoms with Gasteiger partial charge in [0.2, 0.25) is 9.76 Å². The summed E-state index contributed by atoms with van der Waals surface area (Å²) in [5, 5.41) is 11.1. The lowest BCUT2D eigenvalue weighted by Gasteiger charge is -2.17. The lowest BCUT2D eigenvalue weighted by molar-refractivity contribution is -0.385. The largest absolute Gasteiger partial charge is 0.412 e. The van der Waals surface area contributed by atoms with Crippen LogP contribution in [0, 0.1) is 21.7 Å². The third-order valence-corrected chi connectivity index (χ3v) is 5.24. The van der Waals surface area contributed by atoms with Crippen LogP contribution in [0.25, 0.3) is 0 Å². The van der Waals surface area contributed by atoms with Gasteiger partial charge in [0.05, 0.1) is 17.1 Å². The van der Waals surface area contributed by atoms with Crippen LogP contribution in [0.5, 0.6) is 0 Å². The molecule has 0 aliphatic rings. The summed E-state index contributed by atoms with van der Waals surface area (Å²) in [6.45, 7) is 0.0779. The minimum atomic E-state index is -0.445. The molecule has 136 valence electrons. The molecule has 0 amide bonds. The van der Waals surface area contributed by atoms with E-state index in [9.17, 15) is 18.9 Å². The molecule has 7 heteroatoms. The maximum atomic E-state index is 13.3. The predicted molar refractivity (Wildman–Crippen MR) is 98.3 cm³/mol. The molecule has 0 bridgehead atoms. The molecule has 0 fully saturated rings. The third kappa shape index (κ3) is 4.84. The summed E-state index contributed by atoms with van der Waals surface area (Å²) < 4.78 is 32.3. The van der Waals surface area contributed by atoms with E-state index >= 15 is 0 Å². The maximum absolute atomic E-state index is 13.3. The molecule has 0 saturated heterocycles. The predicted octanol–water partition coefficient (Wildman–Crippen LogP) is 4.80. The minimum absolute atomic E-state index is 0.00224. The number of nitrogens with zero attached hydrogens (tertiary/aromatic N) is 1. The third-order valence-electron chi connectivity index (χ3n) is 4.02. The van der Waals surface area contributed by atoms with Crippen molar-refractivity contribution >= 4 is 15.5 Å². The van der Waals surface area contributed by atoms with Gasteiger partial charge in [0.15, 0.2) is 0 Å². The van der Waals surface area contributed by atoms with E-state index in [0.717, 1.165) is 11.1 Å². The van der Waals surface area contributed by atoms with Crippen LogP contribution < -0.4 is 0 Å². The second-order valence-corrected chi connectivity index (χ2v) is 6.93. The topological polar surface area (TPSA) is 52.4 Å². The van der Waals surface area contributed by atoms with Crippen LogP contribution in [-0.4, -0.2) is 14.7 Å². The van der Waals surface area contributed by atoms with Gasteiger partial charge in [0.1, 0.15) is 11.6 Å². The Morgan fingerprint density at radius 3 is 1.93 bits per heavy atom. The molecule has 0 spiro atoms. The number of para-hydroxylation sites is 1. The van der Waals surface area contributed by atoms with Crippen LogP contribution in [0.2, 0.25) is 0 Å². The number of nitro benzene ring substituents is 1. The van der Waals surface area contributed by atoms with Crippen molar-refractivity contribution in [1.82, 2.24) is 0 Å². The first-order valence-electron chi connectivity index (χ1n) is 8.15. The monoisotopic (exact) mass is 383 g/mol. The smallest absolute Gasteiger partial charge is 0.274 e. The Labute approximate surface area is 157 Å². The molecule has 3 aromatic rings. The molecule has 0 heterocycles. The molecular formula is C20H15F2NO3Si. The summed E-state index contributed by atoms with van der Waals surface area (Å²) in [6.07, 6.45) is 0. The summed E-state index contributed by atoms with van der Waals surface area (Å²) in [6, 6.07) is 18.5. The fraction of sp³-hybridized carbons (Fsp3) is 0.100. The van der Waals surface area contributed by atoms with E-state index in [0.29, 0.717) is 5.56 Å². The zero-order valence-electron chi connectivity index (χ0n) is 14.1. The van der Waals surface area contributed by atoms with Crippen molar-refractivity contribution in [2.45, 2.75) is 12.1 Å². The van der Waals surface area contributed by atoms with Gasteiger partial charge in [0, 0.05) is 11.6 Å². The number of nitro groups is 1. The minimum Gasteiger partial charge on any atom is -0.412 e. The van der Waals surface area contributed by atoms with Crippen molar-refractivity contribution < 1.29 is 18.1 Å². The van der Waals surface area contributed by atoms with Crippen LogP contribution in [0.4, 0.5) is 14.5 Å². The second kappa shape index (κ2) is 8.66. The first-order valence-corrected chi connectivity index (χ1v) is 9.13. The fourth-order valence-electron chi connectivity index (χ4n) is 2.65. The highest BCUT2D eigenvalue weighted by Crippen LogP contribution is 2.26. The first-order chi connectivity index (χ1) is 13.0. The summed E-state index contributed by atoms with van der Waals surface area (Å²) in [4.78, 5) is 10.7. The lowest BCUT2D eigenvalue weighted by Crippen LogP contribution is -2.14. The van der Waals surface area contributed by atoms with E-state index in [2.05, 4.69) is 0 Å². The number of rotatable bonds is 7. The van der Waals surface area contributed by atoms with E-state index in [4.69, 9.17) is 4.43 Å².